The molecule has 2 aliphatic heterocycles. The molecule has 5 heteroatoms. The van der Waals surface area contributed by atoms with Crippen molar-refractivity contribution in [2.24, 2.45) is 11.8 Å². The molecule has 6 unspecified atom stereocenters. The van der Waals surface area contributed by atoms with Crippen LogP contribution >= 0.6 is 0 Å². The first kappa shape index (κ1) is 15.2. The fourth-order valence-corrected chi connectivity index (χ4v) is 2.77. The lowest BCUT2D eigenvalue weighted by atomic mass is 9.87. The van der Waals surface area contributed by atoms with Crippen molar-refractivity contribution in [2.45, 2.75) is 57.0 Å². The monoisotopic (exact) mass is 274 g/mol. The summed E-state index contributed by atoms with van der Waals surface area (Å²) < 4.78 is 10.7. The molecule has 112 valence electrons. The topological polar surface area (TPSA) is 85.8 Å². The maximum absolute atomic E-state index is 8.91. The van der Waals surface area contributed by atoms with E-state index < -0.39 is 6.10 Å². The van der Waals surface area contributed by atoms with Gasteiger partial charge in [-0.15, -0.1) is 0 Å². The van der Waals surface area contributed by atoms with Crippen LogP contribution in [0.25, 0.3) is 0 Å². The van der Waals surface area contributed by atoms with Crippen molar-refractivity contribution in [3.63, 3.8) is 0 Å². The van der Waals surface area contributed by atoms with E-state index in [4.69, 9.17) is 24.8 Å². The normalized spacial score (nSPS) is 38.5. The lowest BCUT2D eigenvalue weighted by Crippen LogP contribution is -2.26. The summed E-state index contributed by atoms with van der Waals surface area (Å²) in [7, 11) is 0. The molecule has 5 nitrogen and oxygen atoms in total. The highest BCUT2D eigenvalue weighted by Gasteiger charge is 2.48. The van der Waals surface area contributed by atoms with E-state index in [1.807, 2.05) is 6.92 Å². The van der Waals surface area contributed by atoms with Crippen molar-refractivity contribution in [2.75, 3.05) is 19.8 Å². The minimum absolute atomic E-state index is 0.0573. The van der Waals surface area contributed by atoms with Crippen molar-refractivity contribution in [3.05, 3.63) is 0 Å². The van der Waals surface area contributed by atoms with Crippen LogP contribution in [0.4, 0.5) is 0 Å². The van der Waals surface area contributed by atoms with Crippen LogP contribution in [-0.4, -0.2) is 59.6 Å². The summed E-state index contributed by atoms with van der Waals surface area (Å²) in [5.41, 5.74) is 0. The first-order valence-electron chi connectivity index (χ1n) is 7.36. The highest BCUT2D eigenvalue weighted by Crippen LogP contribution is 2.43. The Morgan fingerprint density at radius 2 is 1.84 bits per heavy atom. The molecule has 19 heavy (non-hydrogen) atoms. The number of epoxide rings is 2. The average molecular weight is 274 g/mol. The molecular formula is C14H26O5. The maximum Gasteiger partial charge on any atom is 0.0845 e. The molecule has 3 aliphatic rings. The van der Waals surface area contributed by atoms with Crippen LogP contribution in [0.15, 0.2) is 0 Å². The molecule has 0 aromatic heterocycles. The largest absolute Gasteiger partial charge is 0.396 e. The Balaban J connectivity index is 0.000000142. The Labute approximate surface area is 114 Å². The van der Waals surface area contributed by atoms with Gasteiger partial charge in [-0.1, -0.05) is 6.92 Å². The van der Waals surface area contributed by atoms with Crippen LogP contribution < -0.4 is 0 Å². The van der Waals surface area contributed by atoms with Gasteiger partial charge in [-0.3, -0.25) is 0 Å². The molecule has 1 saturated carbocycles. The summed E-state index contributed by atoms with van der Waals surface area (Å²) in [6.07, 6.45) is 5.72. The van der Waals surface area contributed by atoms with Crippen LogP contribution in [-0.2, 0) is 9.47 Å². The molecule has 3 fully saturated rings. The fraction of sp³-hybridized carbons (Fsp3) is 1.00. The summed E-state index contributed by atoms with van der Waals surface area (Å²) in [6, 6.07) is 0. The van der Waals surface area contributed by atoms with Gasteiger partial charge in [0.1, 0.15) is 0 Å². The quantitative estimate of drug-likeness (QED) is 0.628. The standard InChI is InChI=1S/C8H12O2.C6H14O3/c1-2-6-7(10-6)3-5(1)8-4-9-8;1-2-5(3-7)6(9)4-8/h5-8H,1-4H2;5-9H,2-4H2,1H3. The van der Waals surface area contributed by atoms with Crippen molar-refractivity contribution in [1.29, 1.82) is 0 Å². The summed E-state index contributed by atoms with van der Waals surface area (Å²) in [4.78, 5) is 0. The van der Waals surface area contributed by atoms with Crippen LogP contribution in [0.2, 0.25) is 0 Å². The third-order valence-corrected chi connectivity index (χ3v) is 4.42. The minimum atomic E-state index is -0.764. The lowest BCUT2D eigenvalue weighted by molar-refractivity contribution is 0.0212. The van der Waals surface area contributed by atoms with E-state index in [0.29, 0.717) is 24.7 Å². The second-order valence-corrected chi connectivity index (χ2v) is 5.76. The molecule has 0 amide bonds. The Hall–Kier alpha value is -0.200. The first-order valence-corrected chi connectivity index (χ1v) is 7.36. The van der Waals surface area contributed by atoms with Crippen molar-refractivity contribution >= 4 is 0 Å². The predicted molar refractivity (Wildman–Crippen MR) is 69.7 cm³/mol. The molecule has 3 N–H and O–H groups in total. The van der Waals surface area contributed by atoms with Gasteiger partial charge in [0, 0.05) is 12.5 Å². The van der Waals surface area contributed by atoms with Gasteiger partial charge in [-0.25, -0.2) is 0 Å². The van der Waals surface area contributed by atoms with Crippen LogP contribution in [0, 0.1) is 11.8 Å². The zero-order valence-corrected chi connectivity index (χ0v) is 11.6. The zero-order valence-electron chi connectivity index (χ0n) is 11.6. The summed E-state index contributed by atoms with van der Waals surface area (Å²) in [5.74, 6) is 0.666. The van der Waals surface area contributed by atoms with Gasteiger partial charge in [0.2, 0.25) is 0 Å². The molecule has 0 radical (unpaired) electrons. The zero-order chi connectivity index (χ0) is 13.8. The number of aliphatic hydroxyl groups is 3. The number of aliphatic hydroxyl groups excluding tert-OH is 3. The van der Waals surface area contributed by atoms with Gasteiger partial charge in [0.05, 0.1) is 37.6 Å². The lowest BCUT2D eigenvalue weighted by Gasteiger charge is -2.15. The SMILES string of the molecule is C1CC2OC2CC1C1CO1.CCC(CO)C(O)CO. The third-order valence-electron chi connectivity index (χ3n) is 4.42. The van der Waals surface area contributed by atoms with Gasteiger partial charge in [0.15, 0.2) is 0 Å². The highest BCUT2D eigenvalue weighted by atomic mass is 16.6. The molecule has 0 aromatic rings. The fourth-order valence-electron chi connectivity index (χ4n) is 2.77. The predicted octanol–water partition coefficient (Wildman–Crippen LogP) is 0.311. The molecule has 0 bridgehead atoms. The minimum Gasteiger partial charge on any atom is -0.396 e. The first-order chi connectivity index (χ1) is 9.19. The Kier molecular flexibility index (Phi) is 5.59. The average Bonchev–Trinajstić information content (AvgIpc) is 3.31. The van der Waals surface area contributed by atoms with E-state index in [9.17, 15) is 0 Å². The van der Waals surface area contributed by atoms with Gasteiger partial charge in [-0.2, -0.15) is 0 Å². The number of hydrogen-bond donors (Lipinski definition) is 3. The third kappa shape index (κ3) is 4.39. The van der Waals surface area contributed by atoms with Crippen molar-refractivity contribution < 1.29 is 24.8 Å². The van der Waals surface area contributed by atoms with E-state index in [1.54, 1.807) is 0 Å². The van der Waals surface area contributed by atoms with Gasteiger partial charge >= 0.3 is 0 Å². The van der Waals surface area contributed by atoms with E-state index in [2.05, 4.69) is 0 Å². The van der Waals surface area contributed by atoms with Crippen molar-refractivity contribution in [3.8, 4) is 0 Å². The Morgan fingerprint density at radius 3 is 2.26 bits per heavy atom. The van der Waals surface area contributed by atoms with Gasteiger partial charge < -0.3 is 24.8 Å². The van der Waals surface area contributed by atoms with Gasteiger partial charge in [-0.05, 0) is 31.6 Å². The number of hydrogen-bond acceptors (Lipinski definition) is 5. The summed E-state index contributed by atoms with van der Waals surface area (Å²) >= 11 is 0. The molecule has 6 atom stereocenters. The second-order valence-electron chi connectivity index (χ2n) is 5.76. The maximum atomic E-state index is 8.91. The van der Waals surface area contributed by atoms with Crippen molar-refractivity contribution in [1.82, 2.24) is 0 Å². The summed E-state index contributed by atoms with van der Waals surface area (Å²) in [5, 5.41) is 25.9. The highest BCUT2D eigenvalue weighted by molar-refractivity contribution is 4.96. The number of ether oxygens (including phenoxy) is 2. The molecule has 0 aromatic carbocycles. The van der Waals surface area contributed by atoms with E-state index in [0.717, 1.165) is 12.5 Å². The second kappa shape index (κ2) is 6.99. The molecule has 0 spiro atoms. The molecular weight excluding hydrogens is 248 g/mol. The molecule has 1 aliphatic carbocycles. The number of rotatable bonds is 5. The smallest absolute Gasteiger partial charge is 0.0845 e. The number of fused-ring (bicyclic) bond motifs is 1. The van der Waals surface area contributed by atoms with E-state index in [-0.39, 0.29) is 19.1 Å². The summed E-state index contributed by atoms with van der Waals surface area (Å²) in [6.45, 7) is 2.55. The van der Waals surface area contributed by atoms with Crippen LogP contribution in [0.5, 0.6) is 0 Å². The Morgan fingerprint density at radius 1 is 1.11 bits per heavy atom. The van der Waals surface area contributed by atoms with Gasteiger partial charge in [0.25, 0.3) is 0 Å². The van der Waals surface area contributed by atoms with E-state index in [1.165, 1.54) is 19.3 Å². The van der Waals surface area contributed by atoms with E-state index >= 15 is 0 Å². The Bertz CT molecular complexity index is 265. The van der Waals surface area contributed by atoms with Crippen LogP contribution in [0.1, 0.15) is 32.6 Å². The molecule has 2 saturated heterocycles. The van der Waals surface area contributed by atoms with Crippen LogP contribution in [0.3, 0.4) is 0 Å². The molecule has 3 rings (SSSR count). The molecule has 2 heterocycles.